The van der Waals surface area contributed by atoms with Crippen LogP contribution in [0.5, 0.6) is 5.75 Å². The maximum atomic E-state index is 16.9. The highest BCUT2D eigenvalue weighted by atomic mass is 35.5. The molecule has 1 amide bonds. The number of amides is 1. The molecule has 0 radical (unpaired) electrons. The van der Waals surface area contributed by atoms with Crippen LogP contribution in [0.2, 0.25) is 5.02 Å². The smallest absolute Gasteiger partial charge is 0.246 e. The fourth-order valence-corrected chi connectivity index (χ4v) is 6.15. The quantitative estimate of drug-likeness (QED) is 0.308. The second kappa shape index (κ2) is 11.2. The predicted molar refractivity (Wildman–Crippen MR) is 159 cm³/mol. The molecule has 2 aliphatic rings. The van der Waals surface area contributed by atoms with Crippen LogP contribution in [0.4, 0.5) is 25.8 Å². The number of aromatic hydroxyl groups is 1. The predicted octanol–water partition coefficient (Wildman–Crippen LogP) is 4.97. The number of hydrogen-bond acceptors (Lipinski definition) is 7. The summed E-state index contributed by atoms with van der Waals surface area (Å²) < 4.78 is 32.1. The standard InChI is InChI=1S/C30H31ClF2N6O3/c1-5-20(42)38-11-12-39-17(14-38)13-37(4)29-23(30(39)34)28(36-26-15(2)9-10-35-27(26)16(3)40)25(33)22(24(29)31)21-18(32)7-6-8-19(21)41/h5-10,16-17,34,36,40-41H,1,11-14H2,2-4H3. The van der Waals surface area contributed by atoms with E-state index in [0.29, 0.717) is 37.4 Å². The number of nitrogens with zero attached hydrogens (tertiary/aromatic N) is 4. The molecule has 2 unspecified atom stereocenters. The van der Waals surface area contributed by atoms with Gasteiger partial charge in [0.25, 0.3) is 0 Å². The Hall–Kier alpha value is -4.22. The van der Waals surface area contributed by atoms with Gasteiger partial charge in [-0.3, -0.25) is 15.2 Å². The minimum Gasteiger partial charge on any atom is -0.507 e. The van der Waals surface area contributed by atoms with Gasteiger partial charge in [-0.2, -0.15) is 0 Å². The van der Waals surface area contributed by atoms with E-state index in [-0.39, 0.29) is 51.0 Å². The maximum absolute atomic E-state index is 16.9. The van der Waals surface area contributed by atoms with Gasteiger partial charge < -0.3 is 30.2 Å². The lowest BCUT2D eigenvalue weighted by molar-refractivity contribution is -0.128. The lowest BCUT2D eigenvalue weighted by atomic mass is 9.96. The number of halogens is 3. The van der Waals surface area contributed by atoms with Gasteiger partial charge in [-0.1, -0.05) is 24.2 Å². The topological polar surface area (TPSA) is 116 Å². The first kappa shape index (κ1) is 29.3. The van der Waals surface area contributed by atoms with Crippen LogP contribution in [0.3, 0.4) is 0 Å². The zero-order chi connectivity index (χ0) is 30.5. The van der Waals surface area contributed by atoms with Gasteiger partial charge in [-0.15, -0.1) is 0 Å². The Labute approximate surface area is 247 Å². The van der Waals surface area contributed by atoms with E-state index in [1.165, 1.54) is 31.3 Å². The first-order valence-electron chi connectivity index (χ1n) is 13.4. The van der Waals surface area contributed by atoms with Crippen LogP contribution in [0.1, 0.15) is 29.8 Å². The molecule has 3 aromatic rings. The molecule has 0 saturated carbocycles. The molecule has 4 N–H and O–H groups in total. The summed E-state index contributed by atoms with van der Waals surface area (Å²) in [5.74, 6) is -2.65. The zero-order valence-corrected chi connectivity index (χ0v) is 24.1. The maximum Gasteiger partial charge on any atom is 0.246 e. The molecular formula is C30H31ClF2N6O3. The molecule has 9 nitrogen and oxygen atoms in total. The number of carbonyl (C=O) groups excluding carboxylic acids is 1. The molecule has 2 atom stereocenters. The number of aliphatic hydroxyl groups is 1. The van der Waals surface area contributed by atoms with Crippen molar-refractivity contribution in [1.82, 2.24) is 14.8 Å². The van der Waals surface area contributed by atoms with Crippen molar-refractivity contribution in [2.75, 3.05) is 43.4 Å². The number of hydrogen-bond donors (Lipinski definition) is 4. The highest BCUT2D eigenvalue weighted by molar-refractivity contribution is 6.38. The molecule has 42 heavy (non-hydrogen) atoms. The molecule has 0 spiro atoms. The third kappa shape index (κ3) is 4.82. The van der Waals surface area contributed by atoms with Gasteiger partial charge in [0.2, 0.25) is 5.91 Å². The number of phenolic OH excluding ortho intramolecular Hbond substituents is 1. The van der Waals surface area contributed by atoms with E-state index in [1.807, 2.05) is 0 Å². The number of nitrogens with one attached hydrogen (secondary N) is 2. The van der Waals surface area contributed by atoms with Crippen LogP contribution in [0.25, 0.3) is 11.1 Å². The average Bonchev–Trinajstić information content (AvgIpc) is 3.05. The first-order chi connectivity index (χ1) is 20.0. The molecule has 1 saturated heterocycles. The summed E-state index contributed by atoms with van der Waals surface area (Å²) in [6, 6.07) is 4.97. The van der Waals surface area contributed by atoms with Crippen LogP contribution in [-0.2, 0) is 4.79 Å². The fourth-order valence-electron chi connectivity index (χ4n) is 5.73. The number of pyridine rings is 1. The van der Waals surface area contributed by atoms with Crippen molar-refractivity contribution in [3.8, 4) is 16.9 Å². The van der Waals surface area contributed by atoms with E-state index >= 15 is 8.78 Å². The van der Waals surface area contributed by atoms with Crippen LogP contribution >= 0.6 is 11.6 Å². The van der Waals surface area contributed by atoms with E-state index in [9.17, 15) is 20.4 Å². The molecule has 1 aromatic heterocycles. The number of aliphatic hydroxyl groups excluding tert-OH is 1. The third-order valence-corrected chi connectivity index (χ3v) is 8.16. The largest absolute Gasteiger partial charge is 0.507 e. The summed E-state index contributed by atoms with van der Waals surface area (Å²) in [5.41, 5.74) is 0.582. The van der Waals surface area contributed by atoms with Crippen molar-refractivity contribution in [3.05, 3.63) is 76.6 Å². The molecule has 220 valence electrons. The Bertz CT molecular complexity index is 1590. The van der Waals surface area contributed by atoms with E-state index in [4.69, 9.17) is 11.6 Å². The summed E-state index contributed by atoms with van der Waals surface area (Å²) in [6.45, 7) is 8.09. The summed E-state index contributed by atoms with van der Waals surface area (Å²) in [5, 5.41) is 33.3. The Balaban J connectivity index is 1.79. The average molecular weight is 597 g/mol. The summed E-state index contributed by atoms with van der Waals surface area (Å²) in [4.78, 5) is 21.9. The summed E-state index contributed by atoms with van der Waals surface area (Å²) in [6.07, 6.45) is 1.75. The minimum absolute atomic E-state index is 0.0437. The van der Waals surface area contributed by atoms with Crippen molar-refractivity contribution in [1.29, 1.82) is 5.41 Å². The molecule has 2 aliphatic heterocycles. The number of rotatable bonds is 5. The Kier molecular flexibility index (Phi) is 7.82. The highest BCUT2D eigenvalue weighted by Crippen LogP contribution is 2.50. The van der Waals surface area contributed by atoms with Gasteiger partial charge in [0.05, 0.1) is 51.1 Å². The van der Waals surface area contributed by atoms with Gasteiger partial charge in [0, 0.05) is 45.0 Å². The molecular weight excluding hydrogens is 566 g/mol. The van der Waals surface area contributed by atoms with Crippen molar-refractivity contribution >= 4 is 40.4 Å². The van der Waals surface area contributed by atoms with Gasteiger partial charge in [-0.25, -0.2) is 8.78 Å². The van der Waals surface area contributed by atoms with Crippen LogP contribution in [0, 0.1) is 24.0 Å². The number of fused-ring (bicyclic) bond motifs is 2. The number of aromatic nitrogens is 1. The van der Waals surface area contributed by atoms with Gasteiger partial charge in [0.1, 0.15) is 17.4 Å². The van der Waals surface area contributed by atoms with E-state index < -0.39 is 29.1 Å². The molecule has 5 rings (SSSR count). The van der Waals surface area contributed by atoms with E-state index in [2.05, 4.69) is 16.9 Å². The molecule has 2 aromatic carbocycles. The van der Waals surface area contributed by atoms with Gasteiger partial charge in [-0.05, 0) is 43.7 Å². The highest BCUT2D eigenvalue weighted by Gasteiger charge is 2.40. The first-order valence-corrected chi connectivity index (χ1v) is 13.7. The number of likely N-dealkylation sites (N-methyl/N-ethyl adjacent to an activating group) is 1. The third-order valence-electron chi connectivity index (χ3n) is 7.79. The molecule has 1 fully saturated rings. The minimum atomic E-state index is -1.02. The number of phenols is 1. The Morgan fingerprint density at radius 1 is 1.21 bits per heavy atom. The number of carbonyl (C=O) groups is 1. The second-order valence-corrected chi connectivity index (χ2v) is 10.9. The zero-order valence-electron chi connectivity index (χ0n) is 23.4. The number of anilines is 3. The van der Waals surface area contributed by atoms with Crippen molar-refractivity contribution in [2.24, 2.45) is 0 Å². The van der Waals surface area contributed by atoms with Crippen LogP contribution in [0.15, 0.2) is 43.1 Å². The monoisotopic (exact) mass is 596 g/mol. The second-order valence-electron chi connectivity index (χ2n) is 10.5. The number of amidine groups is 1. The lowest BCUT2D eigenvalue weighted by Crippen LogP contribution is -2.58. The normalized spacial score (nSPS) is 17.4. The van der Waals surface area contributed by atoms with Gasteiger partial charge >= 0.3 is 0 Å². The molecule has 0 aliphatic carbocycles. The Morgan fingerprint density at radius 2 is 1.95 bits per heavy atom. The molecule has 3 heterocycles. The summed E-state index contributed by atoms with van der Waals surface area (Å²) >= 11 is 6.90. The summed E-state index contributed by atoms with van der Waals surface area (Å²) in [7, 11) is 1.72. The number of benzene rings is 2. The van der Waals surface area contributed by atoms with Crippen molar-refractivity contribution in [2.45, 2.75) is 26.0 Å². The Morgan fingerprint density at radius 3 is 2.62 bits per heavy atom. The molecule has 12 heteroatoms. The fraction of sp³-hybridized carbons (Fsp3) is 0.300. The van der Waals surface area contributed by atoms with Crippen molar-refractivity contribution in [3.63, 3.8) is 0 Å². The van der Waals surface area contributed by atoms with Crippen molar-refractivity contribution < 1.29 is 23.8 Å². The molecule has 0 bridgehead atoms. The SMILES string of the molecule is C=CC(=O)N1CCN2C(=N)c3c(Nc4c(C)ccnc4C(C)O)c(F)c(-c4c(O)cccc4F)c(Cl)c3N(C)CC2C1. The number of aryl methyl sites for hydroxylation is 1. The van der Waals surface area contributed by atoms with E-state index in [1.54, 1.807) is 34.7 Å². The number of piperazine rings is 1. The van der Waals surface area contributed by atoms with Gasteiger partial charge in [0.15, 0.2) is 5.82 Å². The van der Waals surface area contributed by atoms with Crippen LogP contribution < -0.4 is 10.2 Å². The van der Waals surface area contributed by atoms with Crippen LogP contribution in [-0.4, -0.2) is 76.0 Å². The van der Waals surface area contributed by atoms with E-state index in [0.717, 1.165) is 6.07 Å². The lowest BCUT2D eigenvalue weighted by Gasteiger charge is -2.42.